The van der Waals surface area contributed by atoms with Crippen LogP contribution in [-0.4, -0.2) is 81.6 Å². The fourth-order valence-electron chi connectivity index (χ4n) is 7.43. The fourth-order valence-corrected chi connectivity index (χ4v) is 7.43. The van der Waals surface area contributed by atoms with Crippen LogP contribution in [-0.2, 0) is 42.9 Å². The van der Waals surface area contributed by atoms with Crippen molar-refractivity contribution in [1.29, 1.82) is 0 Å². The first kappa shape index (κ1) is 34.9. The minimum atomic E-state index is -3.92. The molecular formula is C32H37F2N3O11. The molecule has 0 aromatic carbocycles. The van der Waals surface area contributed by atoms with E-state index in [9.17, 15) is 37.9 Å². The van der Waals surface area contributed by atoms with E-state index >= 15 is 0 Å². The van der Waals surface area contributed by atoms with E-state index in [1.54, 1.807) is 19.1 Å². The van der Waals surface area contributed by atoms with Gasteiger partial charge in [-0.25, -0.2) is 14.4 Å². The summed E-state index contributed by atoms with van der Waals surface area (Å²) in [4.78, 5) is 66.8. The lowest BCUT2D eigenvalue weighted by molar-refractivity contribution is -0.235. The number of nitrogens with zero attached hydrogens (tertiary/aromatic N) is 2. The molecule has 4 aliphatic rings. The molecule has 7 atom stereocenters. The Morgan fingerprint density at radius 3 is 2.62 bits per heavy atom. The van der Waals surface area contributed by atoms with Crippen molar-refractivity contribution in [2.75, 3.05) is 19.5 Å². The van der Waals surface area contributed by atoms with E-state index in [1.165, 1.54) is 33.1 Å². The van der Waals surface area contributed by atoms with Crippen LogP contribution in [0.3, 0.4) is 0 Å². The zero-order valence-corrected chi connectivity index (χ0v) is 26.8. The summed E-state index contributed by atoms with van der Waals surface area (Å²) in [5.41, 5.74) is 0.968. The van der Waals surface area contributed by atoms with Gasteiger partial charge in [0.1, 0.15) is 35.1 Å². The average molecular weight is 678 g/mol. The van der Waals surface area contributed by atoms with Gasteiger partial charge in [-0.3, -0.25) is 14.2 Å². The number of cyclic esters (lactones) is 1. The number of carbonyl (C=O) groups excluding carboxylic acids is 4. The molecule has 3 N–H and O–H groups in total. The summed E-state index contributed by atoms with van der Waals surface area (Å²) in [5, 5.41) is 10.2. The molecule has 0 spiro atoms. The monoisotopic (exact) mass is 677 g/mol. The highest BCUT2D eigenvalue weighted by molar-refractivity contribution is 5.90. The van der Waals surface area contributed by atoms with E-state index in [0.29, 0.717) is 23.0 Å². The van der Waals surface area contributed by atoms with E-state index < -0.39 is 83.1 Å². The van der Waals surface area contributed by atoms with E-state index in [0.717, 1.165) is 12.3 Å². The number of allylic oxidation sites excluding steroid dienone is 3. The molecule has 260 valence electrons. The fraction of sp³-hybridized carbons (Fsp3) is 0.562. The summed E-state index contributed by atoms with van der Waals surface area (Å²) in [6, 6.07) is 1.12. The quantitative estimate of drug-likeness (QED) is 0.176. The number of aliphatic hydroxyl groups is 1. The Bertz CT molecular complexity index is 1670. The molecule has 3 fully saturated rings. The van der Waals surface area contributed by atoms with Gasteiger partial charge in [-0.2, -0.15) is 13.8 Å². The minimum Gasteiger partial charge on any atom is -0.466 e. The summed E-state index contributed by atoms with van der Waals surface area (Å²) in [6.45, 7) is 3.57. The van der Waals surface area contributed by atoms with Crippen molar-refractivity contribution >= 4 is 29.7 Å². The summed E-state index contributed by atoms with van der Waals surface area (Å²) in [6.07, 6.45) is 2.10. The van der Waals surface area contributed by atoms with Crippen LogP contribution in [0, 0.1) is 11.3 Å². The van der Waals surface area contributed by atoms with Gasteiger partial charge in [-0.05, 0) is 58.1 Å². The molecule has 1 unspecified atom stereocenters. The van der Waals surface area contributed by atoms with Crippen molar-refractivity contribution in [3.8, 4) is 0 Å². The Hall–Kier alpha value is -4.44. The number of esters is 4. The largest absolute Gasteiger partial charge is 0.466 e. The summed E-state index contributed by atoms with van der Waals surface area (Å²) >= 11 is 0. The van der Waals surface area contributed by atoms with Crippen LogP contribution < -0.4 is 11.4 Å². The lowest BCUT2D eigenvalue weighted by Crippen LogP contribution is -2.65. The number of alkyl halides is 2. The Morgan fingerprint density at radius 2 is 1.96 bits per heavy atom. The van der Waals surface area contributed by atoms with Crippen LogP contribution in [0.4, 0.5) is 14.6 Å². The Balaban J connectivity index is 1.30. The zero-order chi connectivity index (χ0) is 35.2. The highest BCUT2D eigenvalue weighted by Gasteiger charge is 2.74. The third kappa shape index (κ3) is 5.70. The molecule has 2 aliphatic carbocycles. The van der Waals surface area contributed by atoms with E-state index in [2.05, 4.69) is 4.98 Å². The van der Waals surface area contributed by atoms with Crippen LogP contribution in [0.2, 0.25) is 0 Å². The maximum absolute atomic E-state index is 14.8. The number of aromatic nitrogens is 2. The highest BCUT2D eigenvalue weighted by Crippen LogP contribution is 2.65. The number of methoxy groups -OCH3 is 1. The predicted molar refractivity (Wildman–Crippen MR) is 160 cm³/mol. The first-order valence-electron chi connectivity index (χ1n) is 15.3. The van der Waals surface area contributed by atoms with Gasteiger partial charge in [0.25, 0.3) is 0 Å². The normalized spacial score (nSPS) is 34.1. The second-order valence-corrected chi connectivity index (χ2v) is 12.7. The molecule has 1 aromatic heterocycles. The Morgan fingerprint density at radius 1 is 1.23 bits per heavy atom. The molecule has 48 heavy (non-hydrogen) atoms. The van der Waals surface area contributed by atoms with Crippen LogP contribution in [0.5, 0.6) is 0 Å². The lowest BCUT2D eigenvalue weighted by Gasteiger charge is -2.54. The number of aliphatic hydroxyl groups excluding tert-OH is 1. The van der Waals surface area contributed by atoms with E-state index in [-0.39, 0.29) is 30.7 Å². The molecule has 1 aromatic rings. The maximum atomic E-state index is 14.8. The second kappa shape index (κ2) is 12.5. The van der Waals surface area contributed by atoms with Gasteiger partial charge in [-0.1, -0.05) is 18.2 Å². The zero-order valence-electron chi connectivity index (χ0n) is 26.8. The molecule has 2 saturated heterocycles. The van der Waals surface area contributed by atoms with Crippen LogP contribution >= 0.6 is 0 Å². The number of ether oxygens (including phenoxy) is 5. The van der Waals surface area contributed by atoms with Gasteiger partial charge in [0.05, 0.1) is 7.11 Å². The van der Waals surface area contributed by atoms with Gasteiger partial charge >= 0.3 is 35.5 Å². The van der Waals surface area contributed by atoms with Gasteiger partial charge in [0.15, 0.2) is 6.10 Å². The van der Waals surface area contributed by atoms with Crippen LogP contribution in [0.1, 0.15) is 59.1 Å². The van der Waals surface area contributed by atoms with E-state index in [4.69, 9.17) is 29.4 Å². The number of halogens is 2. The first-order chi connectivity index (χ1) is 22.5. The van der Waals surface area contributed by atoms with Crippen LogP contribution in [0.25, 0.3) is 0 Å². The van der Waals surface area contributed by atoms with Gasteiger partial charge < -0.3 is 34.5 Å². The van der Waals surface area contributed by atoms with Crippen LogP contribution in [0.15, 0.2) is 52.5 Å². The Labute approximate surface area is 273 Å². The SMILES string of the molecule is COC(=O)C1=CC[C@@]23CC[C@@H]([C@@](C)(/C=C/C=C(\C)C(=O)OC[C@H]4OC(n5ccc(N)nc5=O)C(F)(F)[C@H]4O)OC2=O)[C@@]3(OC(C)=O)CC1. The molecule has 0 radical (unpaired) electrons. The molecule has 0 amide bonds. The average Bonchev–Trinajstić information content (AvgIpc) is 3.32. The predicted octanol–water partition coefficient (Wildman–Crippen LogP) is 2.06. The third-order valence-electron chi connectivity index (χ3n) is 9.82. The number of carbonyl (C=O) groups is 4. The molecular weight excluding hydrogens is 640 g/mol. The van der Waals surface area contributed by atoms with Crippen molar-refractivity contribution in [2.24, 2.45) is 11.3 Å². The number of nitrogen functional groups attached to an aromatic ring is 1. The van der Waals surface area contributed by atoms with Crippen molar-refractivity contribution in [3.05, 3.63) is 58.2 Å². The summed E-state index contributed by atoms with van der Waals surface area (Å²) in [7, 11) is 1.26. The molecule has 5 rings (SSSR count). The number of nitrogens with two attached hydrogens (primary N) is 1. The first-order valence-corrected chi connectivity index (χ1v) is 15.3. The smallest absolute Gasteiger partial charge is 0.351 e. The molecule has 16 heteroatoms. The van der Waals surface area contributed by atoms with Crippen molar-refractivity contribution in [2.45, 2.75) is 88.4 Å². The standard InChI is InChI=1S/C32H37F2N3O11/c1-17(24(40)45-16-20-23(39)32(33,34)26(46-20)37-15-10-22(35)36-28(37)43)6-5-11-29(3)21-9-13-30(27(42)48-29)12-7-19(25(41)44-4)8-14-31(21,30)47-18(2)38/h5-7,10-11,15,20-21,23,26,39H,8-9,12-14,16H2,1-4H3,(H2,35,36,43)/b11-5+,17-6+/t20-,21+,23+,26?,29-,30-,31+/m1/s1. The molecule has 2 aliphatic heterocycles. The van der Waals surface area contributed by atoms with Gasteiger partial charge in [-0.15, -0.1) is 0 Å². The highest BCUT2D eigenvalue weighted by atomic mass is 19.3. The third-order valence-corrected chi connectivity index (χ3v) is 9.82. The van der Waals surface area contributed by atoms with E-state index in [1.807, 2.05) is 0 Å². The molecule has 1 saturated carbocycles. The number of hydrogen-bond acceptors (Lipinski definition) is 13. The topological polar surface area (TPSA) is 196 Å². The molecule has 3 heterocycles. The van der Waals surface area contributed by atoms with Gasteiger partial charge in [0, 0.05) is 30.2 Å². The van der Waals surface area contributed by atoms with Crippen molar-refractivity contribution < 1.29 is 56.7 Å². The lowest BCUT2D eigenvalue weighted by atomic mass is 9.62. The number of anilines is 1. The summed E-state index contributed by atoms with van der Waals surface area (Å²) in [5.74, 6) is -7.20. The second-order valence-electron chi connectivity index (χ2n) is 12.7. The minimum absolute atomic E-state index is 0.0311. The molecule has 2 bridgehead atoms. The maximum Gasteiger partial charge on any atom is 0.351 e. The van der Waals surface area contributed by atoms with Crippen molar-refractivity contribution in [3.63, 3.8) is 0 Å². The van der Waals surface area contributed by atoms with Gasteiger partial charge in [0.2, 0.25) is 6.23 Å². The number of hydrogen-bond donors (Lipinski definition) is 2. The molecule has 14 nitrogen and oxygen atoms in total. The summed E-state index contributed by atoms with van der Waals surface area (Å²) < 4.78 is 57.4. The number of rotatable bonds is 8. The van der Waals surface area contributed by atoms with Crippen molar-refractivity contribution in [1.82, 2.24) is 9.55 Å². The Kier molecular flexibility index (Phi) is 9.11.